The van der Waals surface area contributed by atoms with E-state index in [0.717, 1.165) is 19.4 Å². The fourth-order valence-corrected chi connectivity index (χ4v) is 2.27. The van der Waals surface area contributed by atoms with E-state index >= 15 is 0 Å². The highest BCUT2D eigenvalue weighted by Crippen LogP contribution is 2.30. The lowest BCUT2D eigenvalue weighted by molar-refractivity contribution is 0.143. The van der Waals surface area contributed by atoms with Crippen LogP contribution in [0, 0.1) is 11.8 Å². The Morgan fingerprint density at radius 3 is 3.00 bits per heavy atom. The van der Waals surface area contributed by atoms with Crippen molar-refractivity contribution in [3.05, 3.63) is 24.0 Å². The smallest absolute Gasteiger partial charge is 0.116 e. The quantitative estimate of drug-likeness (QED) is 0.673. The van der Waals surface area contributed by atoms with Crippen molar-refractivity contribution in [2.75, 3.05) is 13.1 Å². The van der Waals surface area contributed by atoms with E-state index in [1.807, 2.05) is 6.08 Å². The summed E-state index contributed by atoms with van der Waals surface area (Å²) in [6.45, 7) is 1.38. The molecule has 1 aliphatic carbocycles. The molecule has 2 rings (SSSR count). The average molecular weight is 197 g/mol. The van der Waals surface area contributed by atoms with Crippen LogP contribution >= 0.6 is 0 Å². The second kappa shape index (κ2) is 4.13. The van der Waals surface area contributed by atoms with E-state index in [0.29, 0.717) is 12.3 Å². The maximum atomic E-state index is 13.6. The number of allylic oxidation sites excluding steroid dienone is 3. The third-order valence-corrected chi connectivity index (χ3v) is 3.12. The molecule has 0 spiro atoms. The van der Waals surface area contributed by atoms with Gasteiger partial charge in [-0.25, -0.2) is 4.39 Å². The molecule has 0 bridgehead atoms. The number of rotatable bonds is 1. The molecule has 0 saturated carbocycles. The van der Waals surface area contributed by atoms with E-state index in [1.54, 1.807) is 12.2 Å². The zero-order valence-corrected chi connectivity index (χ0v) is 8.12. The highest BCUT2D eigenvalue weighted by molar-refractivity contribution is 5.18. The van der Waals surface area contributed by atoms with Gasteiger partial charge in [-0.3, -0.25) is 0 Å². The first-order chi connectivity index (χ1) is 6.77. The summed E-state index contributed by atoms with van der Waals surface area (Å²) in [5.74, 6) is 0.699. The minimum Gasteiger partial charge on any atom is -0.508 e. The van der Waals surface area contributed by atoms with Crippen molar-refractivity contribution in [3.8, 4) is 0 Å². The van der Waals surface area contributed by atoms with E-state index in [2.05, 4.69) is 5.32 Å². The Morgan fingerprint density at radius 1 is 1.50 bits per heavy atom. The van der Waals surface area contributed by atoms with Crippen LogP contribution in [0.4, 0.5) is 4.39 Å². The van der Waals surface area contributed by atoms with Gasteiger partial charge in [0.1, 0.15) is 11.9 Å². The van der Waals surface area contributed by atoms with Gasteiger partial charge < -0.3 is 10.4 Å². The van der Waals surface area contributed by atoms with Gasteiger partial charge >= 0.3 is 0 Å². The molecule has 0 radical (unpaired) electrons. The highest BCUT2D eigenvalue weighted by Gasteiger charge is 2.30. The van der Waals surface area contributed by atoms with Gasteiger partial charge in [0, 0.05) is 6.54 Å². The predicted octanol–water partition coefficient (Wildman–Crippen LogP) is 1.95. The molecule has 1 fully saturated rings. The lowest BCUT2D eigenvalue weighted by Gasteiger charge is -2.32. The summed E-state index contributed by atoms with van der Waals surface area (Å²) < 4.78 is 13.6. The number of hydrogen-bond acceptors (Lipinski definition) is 2. The fraction of sp³-hybridized carbons (Fsp3) is 0.636. The number of aliphatic hydroxyl groups is 1. The van der Waals surface area contributed by atoms with Crippen molar-refractivity contribution >= 4 is 0 Å². The van der Waals surface area contributed by atoms with Crippen LogP contribution in [0.25, 0.3) is 0 Å². The van der Waals surface area contributed by atoms with Gasteiger partial charge in [-0.2, -0.15) is 0 Å². The van der Waals surface area contributed by atoms with Crippen LogP contribution in [0.3, 0.4) is 0 Å². The molecule has 0 amide bonds. The molecule has 14 heavy (non-hydrogen) atoms. The van der Waals surface area contributed by atoms with E-state index in [4.69, 9.17) is 5.11 Å². The largest absolute Gasteiger partial charge is 0.508 e. The zero-order valence-electron chi connectivity index (χ0n) is 8.12. The van der Waals surface area contributed by atoms with Crippen molar-refractivity contribution in [3.63, 3.8) is 0 Å². The molecule has 2 N–H and O–H groups in total. The van der Waals surface area contributed by atoms with Gasteiger partial charge in [0.15, 0.2) is 0 Å². The van der Waals surface area contributed by atoms with Crippen LogP contribution in [0.5, 0.6) is 0 Å². The number of aliphatic hydroxyl groups excluding tert-OH is 1. The summed E-state index contributed by atoms with van der Waals surface area (Å²) in [5, 5.41) is 12.2. The molecule has 78 valence electrons. The molecule has 0 aromatic rings. The number of alkyl halides is 1. The van der Waals surface area contributed by atoms with Gasteiger partial charge in [0.25, 0.3) is 0 Å². The number of hydrogen-bond donors (Lipinski definition) is 2. The average Bonchev–Trinajstić information content (AvgIpc) is 2.20. The summed E-state index contributed by atoms with van der Waals surface area (Å²) in [6, 6.07) is 0. The normalized spacial score (nSPS) is 38.1. The first-order valence-corrected chi connectivity index (χ1v) is 5.19. The fourth-order valence-electron chi connectivity index (χ4n) is 2.27. The second-order valence-corrected chi connectivity index (χ2v) is 4.06. The van der Waals surface area contributed by atoms with Crippen LogP contribution in [-0.4, -0.2) is 24.4 Å². The molecular formula is C11H16FNO. The number of halogens is 1. The Balaban J connectivity index is 1.98. The van der Waals surface area contributed by atoms with Crippen molar-refractivity contribution < 1.29 is 9.50 Å². The third-order valence-electron chi connectivity index (χ3n) is 3.12. The lowest BCUT2D eigenvalue weighted by Crippen LogP contribution is -2.41. The lowest BCUT2D eigenvalue weighted by atomic mass is 9.80. The van der Waals surface area contributed by atoms with Gasteiger partial charge in [-0.15, -0.1) is 0 Å². The Morgan fingerprint density at radius 2 is 2.36 bits per heavy atom. The monoisotopic (exact) mass is 197 g/mol. The van der Waals surface area contributed by atoms with Gasteiger partial charge in [-0.1, -0.05) is 6.08 Å². The van der Waals surface area contributed by atoms with Crippen molar-refractivity contribution in [1.82, 2.24) is 5.32 Å². The molecule has 0 aromatic carbocycles. The van der Waals surface area contributed by atoms with Crippen molar-refractivity contribution in [2.24, 2.45) is 11.8 Å². The number of nitrogens with one attached hydrogen (secondary N) is 1. The molecule has 2 nitrogen and oxygen atoms in total. The van der Waals surface area contributed by atoms with E-state index in [9.17, 15) is 4.39 Å². The molecule has 1 heterocycles. The first kappa shape index (κ1) is 9.71. The van der Waals surface area contributed by atoms with Gasteiger partial charge in [-0.05, 0) is 43.4 Å². The minimum atomic E-state index is -0.743. The van der Waals surface area contributed by atoms with E-state index < -0.39 is 6.17 Å². The Bertz CT molecular complexity index is 262. The molecule has 1 saturated heterocycles. The topological polar surface area (TPSA) is 32.3 Å². The summed E-state index contributed by atoms with van der Waals surface area (Å²) in [5.41, 5.74) is 0. The van der Waals surface area contributed by atoms with Crippen LogP contribution in [0.2, 0.25) is 0 Å². The molecule has 3 heteroatoms. The standard InChI is InChI=1S/C11H16FNO/c12-11-7-13-6-5-10(11)8-1-3-9(14)4-2-8/h1,3-4,8,10-11,13-14H,2,5-7H2/t8?,10-,11+/m1/s1. The van der Waals surface area contributed by atoms with Crippen LogP contribution in [-0.2, 0) is 0 Å². The molecule has 1 aliphatic heterocycles. The highest BCUT2D eigenvalue weighted by atomic mass is 19.1. The molecular weight excluding hydrogens is 181 g/mol. The summed E-state index contributed by atoms with van der Waals surface area (Å²) in [7, 11) is 0. The van der Waals surface area contributed by atoms with E-state index in [-0.39, 0.29) is 11.8 Å². The molecule has 3 atom stereocenters. The summed E-state index contributed by atoms with van der Waals surface area (Å²) in [6.07, 6.45) is 6.32. The van der Waals surface area contributed by atoms with Crippen LogP contribution in [0.1, 0.15) is 12.8 Å². The Labute approximate surface area is 83.5 Å². The van der Waals surface area contributed by atoms with Gasteiger partial charge in [0.05, 0.1) is 0 Å². The van der Waals surface area contributed by atoms with Crippen LogP contribution in [0.15, 0.2) is 24.0 Å². The Hall–Kier alpha value is -0.830. The predicted molar refractivity (Wildman–Crippen MR) is 53.8 cm³/mol. The van der Waals surface area contributed by atoms with Gasteiger partial charge in [0.2, 0.25) is 0 Å². The minimum absolute atomic E-state index is 0.122. The molecule has 2 aliphatic rings. The second-order valence-electron chi connectivity index (χ2n) is 4.06. The summed E-state index contributed by atoms with van der Waals surface area (Å²) >= 11 is 0. The van der Waals surface area contributed by atoms with E-state index in [1.165, 1.54) is 0 Å². The van der Waals surface area contributed by atoms with Crippen LogP contribution < -0.4 is 5.32 Å². The maximum Gasteiger partial charge on any atom is 0.116 e. The number of piperidine rings is 1. The van der Waals surface area contributed by atoms with Crippen molar-refractivity contribution in [1.29, 1.82) is 0 Å². The molecule has 0 aromatic heterocycles. The molecule has 1 unspecified atom stereocenters. The summed E-state index contributed by atoms with van der Waals surface area (Å²) in [4.78, 5) is 0. The maximum absolute atomic E-state index is 13.6. The Kier molecular flexibility index (Phi) is 2.87. The first-order valence-electron chi connectivity index (χ1n) is 5.19. The van der Waals surface area contributed by atoms with Crippen molar-refractivity contribution in [2.45, 2.75) is 19.0 Å². The zero-order chi connectivity index (χ0) is 9.97. The SMILES string of the molecule is OC1=CCC([C@H]2CCNC[C@@H]2F)C=C1. The third kappa shape index (κ3) is 1.98.